The van der Waals surface area contributed by atoms with Crippen LogP contribution >= 0.6 is 0 Å². The number of aromatic nitrogens is 4. The lowest BCUT2D eigenvalue weighted by Crippen LogP contribution is -2.41. The summed E-state index contributed by atoms with van der Waals surface area (Å²) in [6.45, 7) is 3.53. The summed E-state index contributed by atoms with van der Waals surface area (Å²) in [6.07, 6.45) is 5.32. The molecule has 1 amide bonds. The van der Waals surface area contributed by atoms with Gasteiger partial charge in [0, 0.05) is 49.7 Å². The third-order valence-electron chi connectivity index (χ3n) is 6.62. The number of hydrogen-bond acceptors (Lipinski definition) is 6. The van der Waals surface area contributed by atoms with Crippen molar-refractivity contribution in [3.05, 3.63) is 72.6 Å². The first-order valence-electron chi connectivity index (χ1n) is 11.8. The highest BCUT2D eigenvalue weighted by molar-refractivity contribution is 5.98. The smallest absolute Gasteiger partial charge is 0.235 e. The second-order valence-corrected chi connectivity index (χ2v) is 8.70. The van der Waals surface area contributed by atoms with Gasteiger partial charge in [-0.25, -0.2) is 4.98 Å². The number of amides is 1. The third kappa shape index (κ3) is 3.80. The van der Waals surface area contributed by atoms with Crippen molar-refractivity contribution in [2.45, 2.75) is 18.8 Å². The first-order valence-corrected chi connectivity index (χ1v) is 11.8. The quantitative estimate of drug-likeness (QED) is 0.470. The van der Waals surface area contributed by atoms with E-state index in [4.69, 9.17) is 14.8 Å². The van der Waals surface area contributed by atoms with Crippen LogP contribution in [0.25, 0.3) is 16.9 Å². The zero-order valence-electron chi connectivity index (χ0n) is 18.9. The average molecular weight is 455 g/mol. The molecule has 2 aliphatic rings. The van der Waals surface area contributed by atoms with Crippen LogP contribution in [0.3, 0.4) is 0 Å². The van der Waals surface area contributed by atoms with Crippen LogP contribution in [0.2, 0.25) is 0 Å². The SMILES string of the molecule is O=C1C(c2ccccc2)CCCN1c1cc(N2CCOCC2)n2nc(-c3ccncc3)cc2n1. The normalized spacial score (nSPS) is 19.1. The standard InChI is InChI=1S/C26H26N6O2/c33-26-21(19-5-2-1-3-6-19)7-4-12-31(26)23-18-25(30-13-15-34-16-14-30)32-24(28-23)17-22(29-32)20-8-10-27-11-9-20/h1-3,5-6,8-11,17-18,21H,4,7,12-16H2. The second kappa shape index (κ2) is 8.87. The number of rotatable bonds is 4. The molecule has 0 N–H and O–H groups in total. The number of anilines is 2. The van der Waals surface area contributed by atoms with Crippen LogP contribution in [0.15, 0.2) is 67.0 Å². The van der Waals surface area contributed by atoms with Crippen molar-refractivity contribution in [1.82, 2.24) is 19.6 Å². The van der Waals surface area contributed by atoms with Gasteiger partial charge in [0.15, 0.2) is 5.65 Å². The minimum atomic E-state index is -0.142. The highest BCUT2D eigenvalue weighted by Gasteiger charge is 2.32. The summed E-state index contributed by atoms with van der Waals surface area (Å²) in [6, 6.07) is 17.9. The van der Waals surface area contributed by atoms with Crippen LogP contribution in [0.5, 0.6) is 0 Å². The highest BCUT2D eigenvalue weighted by atomic mass is 16.5. The Morgan fingerprint density at radius 2 is 1.74 bits per heavy atom. The molecule has 8 heteroatoms. The van der Waals surface area contributed by atoms with E-state index in [0.29, 0.717) is 25.6 Å². The summed E-state index contributed by atoms with van der Waals surface area (Å²) in [4.78, 5) is 26.7. The van der Waals surface area contributed by atoms with Crippen LogP contribution in [-0.2, 0) is 9.53 Å². The van der Waals surface area contributed by atoms with E-state index >= 15 is 0 Å². The summed E-state index contributed by atoms with van der Waals surface area (Å²) in [5.74, 6) is 1.58. The molecule has 0 saturated carbocycles. The van der Waals surface area contributed by atoms with E-state index in [2.05, 4.69) is 9.88 Å². The van der Waals surface area contributed by atoms with E-state index in [1.54, 1.807) is 12.4 Å². The second-order valence-electron chi connectivity index (χ2n) is 8.70. The molecule has 3 aromatic heterocycles. The topological polar surface area (TPSA) is 75.9 Å². The molecule has 34 heavy (non-hydrogen) atoms. The molecule has 2 fully saturated rings. The summed E-state index contributed by atoms with van der Waals surface area (Å²) in [7, 11) is 0. The maximum atomic E-state index is 13.6. The molecule has 0 bridgehead atoms. The Morgan fingerprint density at radius 3 is 2.53 bits per heavy atom. The summed E-state index contributed by atoms with van der Waals surface area (Å²) >= 11 is 0. The molecule has 1 aromatic carbocycles. The van der Waals surface area contributed by atoms with Crippen molar-refractivity contribution >= 4 is 23.2 Å². The molecule has 2 aliphatic heterocycles. The van der Waals surface area contributed by atoms with Gasteiger partial charge in [0.05, 0.1) is 24.8 Å². The van der Waals surface area contributed by atoms with Crippen LogP contribution in [0.1, 0.15) is 24.3 Å². The molecule has 2 saturated heterocycles. The largest absolute Gasteiger partial charge is 0.378 e. The number of carbonyl (C=O) groups is 1. The Morgan fingerprint density at radius 1 is 0.941 bits per heavy atom. The predicted molar refractivity (Wildman–Crippen MR) is 130 cm³/mol. The lowest BCUT2D eigenvalue weighted by atomic mass is 9.90. The van der Waals surface area contributed by atoms with E-state index in [-0.39, 0.29) is 11.8 Å². The first kappa shape index (κ1) is 20.8. The van der Waals surface area contributed by atoms with Crippen molar-refractivity contribution < 1.29 is 9.53 Å². The number of carbonyl (C=O) groups excluding carboxylic acids is 1. The lowest BCUT2D eigenvalue weighted by molar-refractivity contribution is -0.121. The maximum Gasteiger partial charge on any atom is 0.235 e. The van der Waals surface area contributed by atoms with Crippen LogP contribution in [-0.4, -0.2) is 58.3 Å². The molecule has 6 rings (SSSR count). The van der Waals surface area contributed by atoms with Crippen molar-refractivity contribution in [2.24, 2.45) is 0 Å². The van der Waals surface area contributed by atoms with E-state index < -0.39 is 0 Å². The molecule has 0 spiro atoms. The number of benzene rings is 1. The Balaban J connectivity index is 1.43. The fraction of sp³-hybridized carbons (Fsp3) is 0.308. The summed E-state index contributed by atoms with van der Waals surface area (Å²) in [5.41, 5.74) is 3.60. The molecule has 5 heterocycles. The van der Waals surface area contributed by atoms with Gasteiger partial charge in [0.2, 0.25) is 5.91 Å². The lowest BCUT2D eigenvalue weighted by Gasteiger charge is -2.33. The monoisotopic (exact) mass is 454 g/mol. The van der Waals surface area contributed by atoms with Gasteiger partial charge in [0.25, 0.3) is 0 Å². The first-order chi connectivity index (χ1) is 16.8. The number of pyridine rings is 1. The molecule has 1 unspecified atom stereocenters. The summed E-state index contributed by atoms with van der Waals surface area (Å²) < 4.78 is 7.46. The van der Waals surface area contributed by atoms with Gasteiger partial charge in [-0.2, -0.15) is 9.61 Å². The third-order valence-corrected chi connectivity index (χ3v) is 6.62. The molecule has 8 nitrogen and oxygen atoms in total. The molecule has 4 aromatic rings. The Bertz CT molecular complexity index is 1300. The van der Waals surface area contributed by atoms with Gasteiger partial charge >= 0.3 is 0 Å². The molecule has 0 radical (unpaired) electrons. The minimum absolute atomic E-state index is 0.108. The van der Waals surface area contributed by atoms with Crippen LogP contribution in [0.4, 0.5) is 11.6 Å². The molecular weight excluding hydrogens is 428 g/mol. The minimum Gasteiger partial charge on any atom is -0.378 e. The van der Waals surface area contributed by atoms with E-state index in [1.807, 2.05) is 64.0 Å². The Kier molecular flexibility index (Phi) is 5.43. The van der Waals surface area contributed by atoms with Gasteiger partial charge < -0.3 is 9.64 Å². The van der Waals surface area contributed by atoms with Crippen molar-refractivity contribution in [2.75, 3.05) is 42.6 Å². The van der Waals surface area contributed by atoms with E-state index in [1.165, 1.54) is 0 Å². The van der Waals surface area contributed by atoms with Crippen LogP contribution < -0.4 is 9.80 Å². The van der Waals surface area contributed by atoms with Gasteiger partial charge in [-0.1, -0.05) is 30.3 Å². The Hall–Kier alpha value is -3.78. The van der Waals surface area contributed by atoms with Gasteiger partial charge in [-0.15, -0.1) is 0 Å². The van der Waals surface area contributed by atoms with Crippen molar-refractivity contribution in [3.8, 4) is 11.3 Å². The number of hydrogen-bond donors (Lipinski definition) is 0. The van der Waals surface area contributed by atoms with Gasteiger partial charge in [-0.3, -0.25) is 14.7 Å². The van der Waals surface area contributed by atoms with E-state index in [0.717, 1.165) is 54.2 Å². The maximum absolute atomic E-state index is 13.6. The summed E-state index contributed by atoms with van der Waals surface area (Å²) in [5, 5.41) is 4.87. The predicted octanol–water partition coefficient (Wildman–Crippen LogP) is 3.54. The zero-order valence-corrected chi connectivity index (χ0v) is 18.9. The van der Waals surface area contributed by atoms with Crippen LogP contribution in [0, 0.1) is 0 Å². The molecule has 1 atom stereocenters. The van der Waals surface area contributed by atoms with Gasteiger partial charge in [0.1, 0.15) is 11.6 Å². The highest BCUT2D eigenvalue weighted by Crippen LogP contribution is 2.33. The molecule has 172 valence electrons. The van der Waals surface area contributed by atoms with Gasteiger partial charge in [-0.05, 0) is 30.5 Å². The average Bonchev–Trinajstić information content (AvgIpc) is 3.34. The Labute approximate surface area is 197 Å². The fourth-order valence-corrected chi connectivity index (χ4v) is 4.86. The number of morpholine rings is 1. The molecular formula is C26H26N6O2. The molecule has 0 aliphatic carbocycles. The number of piperidine rings is 1. The van der Waals surface area contributed by atoms with E-state index in [9.17, 15) is 4.79 Å². The number of nitrogens with zero attached hydrogens (tertiary/aromatic N) is 6. The number of fused-ring (bicyclic) bond motifs is 1. The fourth-order valence-electron chi connectivity index (χ4n) is 4.86. The zero-order chi connectivity index (χ0) is 22.9. The number of ether oxygens (including phenoxy) is 1. The van der Waals surface area contributed by atoms with Crippen molar-refractivity contribution in [1.29, 1.82) is 0 Å². The van der Waals surface area contributed by atoms with Crippen molar-refractivity contribution in [3.63, 3.8) is 0 Å².